The van der Waals surface area contributed by atoms with Crippen molar-refractivity contribution < 1.29 is 14.5 Å². The number of ether oxygens (including phenoxy) is 1. The fraction of sp³-hybridized carbons (Fsp3) is 0. The zero-order valence-corrected chi connectivity index (χ0v) is 10.6. The maximum atomic E-state index is 11.0. The second kappa shape index (κ2) is 5.71. The van der Waals surface area contributed by atoms with E-state index in [0.717, 1.165) is 6.07 Å². The molecule has 0 aliphatic rings. The molecule has 0 atom stereocenters. The van der Waals surface area contributed by atoms with E-state index in [2.05, 4.69) is 0 Å². The Balaban J connectivity index is 2.36. The van der Waals surface area contributed by atoms with Crippen molar-refractivity contribution in [1.82, 2.24) is 0 Å². The molecular weight excluding hydrogens is 274 g/mol. The summed E-state index contributed by atoms with van der Waals surface area (Å²) in [4.78, 5) is 21.4. The molecule has 0 spiro atoms. The molecule has 7 nitrogen and oxygen atoms in total. The molecule has 7 heteroatoms. The fourth-order valence-corrected chi connectivity index (χ4v) is 1.62. The SMILES string of the molecule is N#Cc1ccc(Oc2ccc(C(N)=O)cc2[N+](=O)[O-])cc1. The van der Waals surface area contributed by atoms with Crippen molar-refractivity contribution in [1.29, 1.82) is 5.26 Å². The number of carbonyl (C=O) groups is 1. The van der Waals surface area contributed by atoms with Crippen LogP contribution in [-0.2, 0) is 0 Å². The average molecular weight is 283 g/mol. The summed E-state index contributed by atoms with van der Waals surface area (Å²) in [6, 6.07) is 11.7. The largest absolute Gasteiger partial charge is 0.450 e. The van der Waals surface area contributed by atoms with E-state index in [1.807, 2.05) is 6.07 Å². The van der Waals surface area contributed by atoms with E-state index in [9.17, 15) is 14.9 Å². The molecule has 2 N–H and O–H groups in total. The second-order valence-electron chi connectivity index (χ2n) is 4.04. The summed E-state index contributed by atoms with van der Waals surface area (Å²) < 4.78 is 5.40. The predicted molar refractivity (Wildman–Crippen MR) is 72.8 cm³/mol. The van der Waals surface area contributed by atoms with Crippen molar-refractivity contribution in [2.75, 3.05) is 0 Å². The van der Waals surface area contributed by atoms with Crippen molar-refractivity contribution in [2.24, 2.45) is 5.73 Å². The van der Waals surface area contributed by atoms with E-state index in [1.165, 1.54) is 36.4 Å². The Kier molecular flexibility index (Phi) is 3.81. The smallest absolute Gasteiger partial charge is 0.312 e. The lowest BCUT2D eigenvalue weighted by Crippen LogP contribution is -2.11. The minimum Gasteiger partial charge on any atom is -0.450 e. The first-order chi connectivity index (χ1) is 10.0. The summed E-state index contributed by atoms with van der Waals surface area (Å²) in [5.41, 5.74) is 5.19. The highest BCUT2D eigenvalue weighted by molar-refractivity contribution is 5.93. The molecule has 0 aliphatic carbocycles. The Morgan fingerprint density at radius 3 is 2.43 bits per heavy atom. The number of nitrogens with two attached hydrogens (primary N) is 1. The fourth-order valence-electron chi connectivity index (χ4n) is 1.62. The molecule has 104 valence electrons. The van der Waals surface area contributed by atoms with Crippen molar-refractivity contribution in [3.05, 3.63) is 63.7 Å². The lowest BCUT2D eigenvalue weighted by atomic mass is 10.2. The molecule has 21 heavy (non-hydrogen) atoms. The molecule has 0 saturated heterocycles. The van der Waals surface area contributed by atoms with Gasteiger partial charge in [-0.15, -0.1) is 0 Å². The number of nitro groups is 1. The third-order valence-corrected chi connectivity index (χ3v) is 2.65. The number of rotatable bonds is 4. The van der Waals surface area contributed by atoms with E-state index in [0.29, 0.717) is 11.3 Å². The number of benzene rings is 2. The van der Waals surface area contributed by atoms with Gasteiger partial charge in [-0.1, -0.05) is 0 Å². The maximum Gasteiger partial charge on any atom is 0.312 e. The zero-order valence-electron chi connectivity index (χ0n) is 10.6. The predicted octanol–water partition coefficient (Wildman–Crippen LogP) is 2.36. The lowest BCUT2D eigenvalue weighted by Gasteiger charge is -2.07. The third-order valence-electron chi connectivity index (χ3n) is 2.65. The van der Waals surface area contributed by atoms with E-state index >= 15 is 0 Å². The van der Waals surface area contributed by atoms with Crippen LogP contribution in [0.4, 0.5) is 5.69 Å². The molecule has 2 rings (SSSR count). The standard InChI is InChI=1S/C14H9N3O4/c15-8-9-1-4-11(5-2-9)21-13-6-3-10(14(16)18)7-12(13)17(19)20/h1-7H,(H2,16,18). The average Bonchev–Trinajstić information content (AvgIpc) is 2.48. The summed E-state index contributed by atoms with van der Waals surface area (Å²) in [5.74, 6) is -0.443. The normalized spacial score (nSPS) is 9.67. The second-order valence-corrected chi connectivity index (χ2v) is 4.04. The van der Waals surface area contributed by atoms with Crippen LogP contribution >= 0.6 is 0 Å². The van der Waals surface area contributed by atoms with E-state index < -0.39 is 10.8 Å². The van der Waals surface area contributed by atoms with Crippen molar-refractivity contribution in [3.8, 4) is 17.6 Å². The van der Waals surface area contributed by atoms with Crippen molar-refractivity contribution >= 4 is 11.6 Å². The minimum absolute atomic E-state index is 0.0188. The monoisotopic (exact) mass is 283 g/mol. The van der Waals surface area contributed by atoms with Gasteiger partial charge >= 0.3 is 5.69 Å². The zero-order chi connectivity index (χ0) is 15.4. The molecule has 1 amide bonds. The Morgan fingerprint density at radius 2 is 1.90 bits per heavy atom. The van der Waals surface area contributed by atoms with Crippen LogP contribution in [0.1, 0.15) is 15.9 Å². The Bertz CT molecular complexity index is 748. The van der Waals surface area contributed by atoms with Crippen LogP contribution < -0.4 is 10.5 Å². The van der Waals surface area contributed by atoms with Crippen LogP contribution in [0.5, 0.6) is 11.5 Å². The Morgan fingerprint density at radius 1 is 1.24 bits per heavy atom. The van der Waals surface area contributed by atoms with Gasteiger partial charge in [0.1, 0.15) is 5.75 Å². The number of amides is 1. The van der Waals surface area contributed by atoms with Crippen LogP contribution in [0, 0.1) is 21.4 Å². The van der Waals surface area contributed by atoms with Crippen LogP contribution in [0.2, 0.25) is 0 Å². The number of nitro benzene ring substituents is 1. The van der Waals surface area contributed by atoms with Gasteiger partial charge in [0, 0.05) is 11.6 Å². The molecule has 0 unspecified atom stereocenters. The summed E-state index contributed by atoms with van der Waals surface area (Å²) in [6.45, 7) is 0. The van der Waals surface area contributed by atoms with Crippen molar-refractivity contribution in [3.63, 3.8) is 0 Å². The number of primary amides is 1. The summed E-state index contributed by atoms with van der Waals surface area (Å²) in [7, 11) is 0. The van der Waals surface area contributed by atoms with Gasteiger partial charge in [0.2, 0.25) is 11.7 Å². The number of hydrogen-bond acceptors (Lipinski definition) is 5. The minimum atomic E-state index is -0.761. The quantitative estimate of drug-likeness (QED) is 0.682. The first-order valence-electron chi connectivity index (χ1n) is 5.77. The molecule has 0 saturated carbocycles. The van der Waals surface area contributed by atoms with Gasteiger partial charge < -0.3 is 10.5 Å². The topological polar surface area (TPSA) is 119 Å². The first-order valence-corrected chi connectivity index (χ1v) is 5.77. The number of nitriles is 1. The highest BCUT2D eigenvalue weighted by atomic mass is 16.6. The number of nitrogens with zero attached hydrogens (tertiary/aromatic N) is 2. The third kappa shape index (κ3) is 3.13. The number of carbonyl (C=O) groups excluding carboxylic acids is 1. The summed E-state index contributed by atoms with van der Waals surface area (Å²) >= 11 is 0. The van der Waals surface area contributed by atoms with Crippen LogP contribution in [0.3, 0.4) is 0 Å². The van der Waals surface area contributed by atoms with Gasteiger partial charge in [0.25, 0.3) is 0 Å². The number of hydrogen-bond donors (Lipinski definition) is 1. The highest BCUT2D eigenvalue weighted by Gasteiger charge is 2.18. The summed E-state index contributed by atoms with van der Waals surface area (Å²) in [6.07, 6.45) is 0. The molecule has 0 aromatic heterocycles. The van der Waals surface area contributed by atoms with Crippen molar-refractivity contribution in [2.45, 2.75) is 0 Å². The molecule has 0 bridgehead atoms. The first kappa shape index (κ1) is 14.0. The molecular formula is C14H9N3O4. The van der Waals surface area contributed by atoms with E-state index in [4.69, 9.17) is 15.7 Å². The molecule has 2 aromatic carbocycles. The van der Waals surface area contributed by atoms with Gasteiger partial charge in [-0.3, -0.25) is 14.9 Å². The van der Waals surface area contributed by atoms with E-state index in [-0.39, 0.29) is 17.0 Å². The van der Waals surface area contributed by atoms with Gasteiger partial charge in [-0.25, -0.2) is 0 Å². The van der Waals surface area contributed by atoms with Crippen LogP contribution in [0.15, 0.2) is 42.5 Å². The van der Waals surface area contributed by atoms with Gasteiger partial charge in [0.05, 0.1) is 16.6 Å². The lowest BCUT2D eigenvalue weighted by molar-refractivity contribution is -0.385. The Hall–Kier alpha value is -3.40. The molecule has 0 aliphatic heterocycles. The van der Waals surface area contributed by atoms with Gasteiger partial charge in [-0.05, 0) is 36.4 Å². The molecule has 0 radical (unpaired) electrons. The molecule has 0 heterocycles. The highest BCUT2D eigenvalue weighted by Crippen LogP contribution is 2.32. The summed E-state index contributed by atoms with van der Waals surface area (Å²) in [5, 5.41) is 19.7. The van der Waals surface area contributed by atoms with Gasteiger partial charge in [0.15, 0.2) is 0 Å². The maximum absolute atomic E-state index is 11.0. The van der Waals surface area contributed by atoms with Crippen LogP contribution in [-0.4, -0.2) is 10.8 Å². The van der Waals surface area contributed by atoms with E-state index in [1.54, 1.807) is 0 Å². The van der Waals surface area contributed by atoms with Crippen LogP contribution in [0.25, 0.3) is 0 Å². The van der Waals surface area contributed by atoms with Gasteiger partial charge in [-0.2, -0.15) is 5.26 Å². The molecule has 2 aromatic rings. The molecule has 0 fully saturated rings. The Labute approximate surface area is 119 Å².